The van der Waals surface area contributed by atoms with Crippen molar-refractivity contribution in [3.63, 3.8) is 0 Å². The molecule has 5 aromatic rings. The van der Waals surface area contributed by atoms with Crippen molar-refractivity contribution in [2.45, 2.75) is 25.7 Å². The number of carboxylic acid groups (broad SMARTS) is 1. The summed E-state index contributed by atoms with van der Waals surface area (Å²) in [6.45, 7) is 0. The second-order valence-electron chi connectivity index (χ2n) is 7.81. The molecule has 2 aromatic heterocycles. The van der Waals surface area contributed by atoms with Crippen LogP contribution in [0.2, 0.25) is 0 Å². The molecule has 3 heteroatoms. The zero-order valence-corrected chi connectivity index (χ0v) is 16.7. The van der Waals surface area contributed by atoms with Gasteiger partial charge in [0.1, 0.15) is 5.69 Å². The van der Waals surface area contributed by atoms with E-state index in [0.29, 0.717) is 5.69 Å². The number of carboxylic acids is 1. The average molecular weight is 393 g/mol. The van der Waals surface area contributed by atoms with E-state index in [2.05, 4.69) is 48.5 Å². The molecule has 0 amide bonds. The number of aromatic nitrogens is 1. The number of aryl methyl sites for hydroxylation is 2. The molecule has 1 aliphatic rings. The number of fused-ring (bicyclic) bond motifs is 6. The molecule has 3 aromatic carbocycles. The van der Waals surface area contributed by atoms with Crippen LogP contribution in [0.15, 0.2) is 85.1 Å². The Kier molecular flexibility index (Phi) is 4.72. The third-order valence-electron chi connectivity index (χ3n) is 6.04. The molecule has 148 valence electrons. The van der Waals surface area contributed by atoms with Crippen molar-refractivity contribution in [3.05, 3.63) is 102 Å². The summed E-state index contributed by atoms with van der Waals surface area (Å²) in [5, 5.41) is 14.4. The van der Waals surface area contributed by atoms with Gasteiger partial charge in [-0.15, -0.1) is 0 Å². The minimum absolute atomic E-state index is 0.297. The smallest absolute Gasteiger partial charge is 0.352 e. The largest absolute Gasteiger partial charge is 0.477 e. The van der Waals surface area contributed by atoms with Gasteiger partial charge in [0.2, 0.25) is 0 Å². The summed E-state index contributed by atoms with van der Waals surface area (Å²) < 4.78 is 1.64. The molecular formula is C27H23NO2. The van der Waals surface area contributed by atoms with Gasteiger partial charge in [0, 0.05) is 11.7 Å². The fourth-order valence-corrected chi connectivity index (χ4v) is 4.57. The van der Waals surface area contributed by atoms with E-state index in [-0.39, 0.29) is 0 Å². The number of pyridine rings is 1. The maximum atomic E-state index is 10.7. The lowest BCUT2D eigenvalue weighted by Crippen LogP contribution is -2.02. The predicted octanol–water partition coefficient (Wildman–Crippen LogP) is 6.51. The van der Waals surface area contributed by atoms with Gasteiger partial charge in [0.25, 0.3) is 0 Å². The van der Waals surface area contributed by atoms with Crippen molar-refractivity contribution < 1.29 is 9.90 Å². The summed E-state index contributed by atoms with van der Waals surface area (Å²) in [7, 11) is 0. The van der Waals surface area contributed by atoms with Crippen molar-refractivity contribution in [2.24, 2.45) is 0 Å². The second-order valence-corrected chi connectivity index (χ2v) is 7.81. The number of rotatable bonds is 1. The van der Waals surface area contributed by atoms with Crippen molar-refractivity contribution >= 4 is 33.0 Å². The van der Waals surface area contributed by atoms with Gasteiger partial charge in [-0.2, -0.15) is 0 Å². The first-order valence-corrected chi connectivity index (χ1v) is 10.4. The highest BCUT2D eigenvalue weighted by atomic mass is 16.4. The van der Waals surface area contributed by atoms with Crippen molar-refractivity contribution in [2.75, 3.05) is 0 Å². The van der Waals surface area contributed by atoms with Gasteiger partial charge in [0.05, 0.1) is 0 Å². The summed E-state index contributed by atoms with van der Waals surface area (Å²) in [4.78, 5) is 10.7. The molecule has 0 spiro atoms. The molecule has 0 unspecified atom stereocenters. The van der Waals surface area contributed by atoms with Gasteiger partial charge in [-0.1, -0.05) is 54.6 Å². The first-order valence-electron chi connectivity index (χ1n) is 10.4. The van der Waals surface area contributed by atoms with Gasteiger partial charge in [-0.05, 0) is 82.6 Å². The first-order chi connectivity index (χ1) is 14.7. The van der Waals surface area contributed by atoms with Gasteiger partial charge >= 0.3 is 5.97 Å². The lowest BCUT2D eigenvalue weighted by molar-refractivity contribution is 0.0689. The highest BCUT2D eigenvalue weighted by Crippen LogP contribution is 2.33. The first kappa shape index (κ1) is 18.4. The molecule has 0 bridgehead atoms. The number of aromatic carboxylic acids is 1. The molecular weight excluding hydrogens is 370 g/mol. The molecule has 0 saturated carbocycles. The maximum absolute atomic E-state index is 10.7. The molecule has 0 saturated heterocycles. The average Bonchev–Trinajstić information content (AvgIpc) is 3.24. The van der Waals surface area contributed by atoms with Crippen molar-refractivity contribution in [3.8, 4) is 0 Å². The highest BCUT2D eigenvalue weighted by Gasteiger charge is 2.13. The minimum Gasteiger partial charge on any atom is -0.477 e. The fourth-order valence-electron chi connectivity index (χ4n) is 4.57. The monoisotopic (exact) mass is 393 g/mol. The molecule has 0 atom stereocenters. The summed E-state index contributed by atoms with van der Waals surface area (Å²) in [5.41, 5.74) is 4.37. The molecule has 1 N–H and O–H groups in total. The second kappa shape index (κ2) is 7.68. The lowest BCUT2D eigenvalue weighted by atomic mass is 9.86. The van der Waals surface area contributed by atoms with E-state index >= 15 is 0 Å². The lowest BCUT2D eigenvalue weighted by Gasteiger charge is -2.18. The van der Waals surface area contributed by atoms with E-state index in [9.17, 15) is 4.79 Å². The van der Waals surface area contributed by atoms with Gasteiger partial charge in [0.15, 0.2) is 0 Å². The molecule has 0 aliphatic heterocycles. The minimum atomic E-state index is -0.902. The number of benzene rings is 3. The van der Waals surface area contributed by atoms with Crippen LogP contribution in [0.3, 0.4) is 0 Å². The molecule has 0 fully saturated rings. The Morgan fingerprint density at radius 1 is 0.733 bits per heavy atom. The molecule has 0 radical (unpaired) electrons. The van der Waals surface area contributed by atoms with E-state index in [1.807, 2.05) is 12.1 Å². The maximum Gasteiger partial charge on any atom is 0.352 e. The predicted molar refractivity (Wildman–Crippen MR) is 122 cm³/mol. The van der Waals surface area contributed by atoms with Crippen LogP contribution in [0.25, 0.3) is 27.1 Å². The fraction of sp³-hybridized carbons (Fsp3) is 0.148. The number of carbonyl (C=O) groups is 1. The van der Waals surface area contributed by atoms with Crippen LogP contribution < -0.4 is 0 Å². The number of nitrogens with zero attached hydrogens (tertiary/aromatic N) is 1. The summed E-state index contributed by atoms with van der Waals surface area (Å²) in [6.07, 6.45) is 6.95. The van der Waals surface area contributed by atoms with Gasteiger partial charge in [-0.3, -0.25) is 0 Å². The molecule has 1 aliphatic carbocycles. The Morgan fingerprint density at radius 2 is 1.53 bits per heavy atom. The van der Waals surface area contributed by atoms with E-state index in [0.717, 1.165) is 5.52 Å². The van der Waals surface area contributed by atoms with Crippen molar-refractivity contribution in [1.29, 1.82) is 0 Å². The topological polar surface area (TPSA) is 41.7 Å². The third kappa shape index (κ3) is 3.22. The van der Waals surface area contributed by atoms with E-state index in [4.69, 9.17) is 5.11 Å². The summed E-state index contributed by atoms with van der Waals surface area (Å²) >= 11 is 0. The van der Waals surface area contributed by atoms with Crippen molar-refractivity contribution in [1.82, 2.24) is 4.40 Å². The van der Waals surface area contributed by atoms with Crippen LogP contribution in [0, 0.1) is 0 Å². The SMILES string of the molecule is O=C(O)c1ccc2ccccn12.c1ccc2c(c1)ccc1c3c(ccc12)CCCC3. The Labute approximate surface area is 175 Å². The van der Waals surface area contributed by atoms with Crippen LogP contribution in [0.4, 0.5) is 0 Å². The number of hydrogen-bond donors (Lipinski definition) is 1. The molecule has 6 rings (SSSR count). The van der Waals surface area contributed by atoms with Crippen LogP contribution in [-0.4, -0.2) is 15.5 Å². The normalized spacial score (nSPS) is 13.1. The highest BCUT2D eigenvalue weighted by molar-refractivity contribution is 6.08. The molecule has 2 heterocycles. The Morgan fingerprint density at radius 3 is 2.43 bits per heavy atom. The molecule has 30 heavy (non-hydrogen) atoms. The van der Waals surface area contributed by atoms with Crippen LogP contribution in [-0.2, 0) is 12.8 Å². The third-order valence-corrected chi connectivity index (χ3v) is 6.04. The van der Waals surface area contributed by atoms with Crippen LogP contribution in [0.1, 0.15) is 34.5 Å². The van der Waals surface area contributed by atoms with E-state index in [1.54, 1.807) is 39.9 Å². The van der Waals surface area contributed by atoms with Crippen LogP contribution in [0.5, 0.6) is 0 Å². The summed E-state index contributed by atoms with van der Waals surface area (Å²) in [5.74, 6) is -0.902. The number of hydrogen-bond acceptors (Lipinski definition) is 1. The summed E-state index contributed by atoms with van der Waals surface area (Å²) in [6, 6.07) is 26.9. The Hall–Kier alpha value is -3.59. The zero-order valence-electron chi connectivity index (χ0n) is 16.7. The molecule has 3 nitrogen and oxygen atoms in total. The van der Waals surface area contributed by atoms with E-state index in [1.165, 1.54) is 47.2 Å². The Bertz CT molecular complexity index is 1380. The van der Waals surface area contributed by atoms with Gasteiger partial charge in [-0.25, -0.2) is 4.79 Å². The van der Waals surface area contributed by atoms with Crippen LogP contribution >= 0.6 is 0 Å². The van der Waals surface area contributed by atoms with E-state index < -0.39 is 5.97 Å². The van der Waals surface area contributed by atoms with Gasteiger partial charge < -0.3 is 9.51 Å². The standard InChI is InChI=1S/C18H16.C9H7NO2/c1-3-7-15-13(5-1)9-11-18-16-8-4-2-6-14(16)10-12-17(15)18;11-9(12)8-5-4-7-3-1-2-6-10(7)8/h1,3,5,7,9-12H,2,4,6,8H2;1-6H,(H,11,12). The quantitative estimate of drug-likeness (QED) is 0.330. The zero-order chi connectivity index (χ0) is 20.5. The Balaban J connectivity index is 0.000000140.